The lowest BCUT2D eigenvalue weighted by atomic mass is 10.1. The Labute approximate surface area is 196 Å². The van der Waals surface area contributed by atoms with Gasteiger partial charge in [-0.15, -0.1) is 0 Å². The van der Waals surface area contributed by atoms with E-state index in [1.165, 1.54) is 5.56 Å². The molecule has 31 heavy (non-hydrogen) atoms. The molecule has 0 atom stereocenters. The normalized spacial score (nSPS) is 10.8. The fraction of sp³-hybridized carbons (Fsp3) is 0.115. The molecule has 0 aliphatic heterocycles. The predicted molar refractivity (Wildman–Crippen MR) is 129 cm³/mol. The van der Waals surface area contributed by atoms with Gasteiger partial charge in [0.25, 0.3) is 5.91 Å². The molecule has 0 aliphatic rings. The molecular formula is C26H22BrClN2O. The number of carbonyl (C=O) groups is 1. The standard InChI is InChI=1S/C26H22BrClN2O/c27-23-12-8-21(9-13-23)17-29-16-4-7-25(29)19-30(18-20-5-2-1-3-6-20)26(31)22-10-14-24(28)15-11-22/h1-16H,17-19H2. The molecule has 0 N–H and O–H groups in total. The molecule has 1 aromatic heterocycles. The zero-order valence-corrected chi connectivity index (χ0v) is 19.3. The maximum absolute atomic E-state index is 13.4. The monoisotopic (exact) mass is 492 g/mol. The molecule has 0 spiro atoms. The zero-order chi connectivity index (χ0) is 21.6. The highest BCUT2D eigenvalue weighted by Crippen LogP contribution is 2.18. The quantitative estimate of drug-likeness (QED) is 0.278. The van der Waals surface area contributed by atoms with E-state index in [9.17, 15) is 4.79 Å². The smallest absolute Gasteiger partial charge is 0.254 e. The van der Waals surface area contributed by atoms with Crippen LogP contribution >= 0.6 is 27.5 Å². The molecular weight excluding hydrogens is 472 g/mol. The van der Waals surface area contributed by atoms with E-state index in [0.717, 1.165) is 22.3 Å². The molecule has 4 rings (SSSR count). The maximum Gasteiger partial charge on any atom is 0.254 e. The number of halogens is 2. The molecule has 0 saturated carbocycles. The highest BCUT2D eigenvalue weighted by Gasteiger charge is 2.18. The summed E-state index contributed by atoms with van der Waals surface area (Å²) in [7, 11) is 0. The van der Waals surface area contributed by atoms with E-state index >= 15 is 0 Å². The Morgan fingerprint density at radius 2 is 1.52 bits per heavy atom. The number of hydrogen-bond acceptors (Lipinski definition) is 1. The van der Waals surface area contributed by atoms with Crippen molar-refractivity contribution in [1.29, 1.82) is 0 Å². The molecule has 156 valence electrons. The molecule has 0 fully saturated rings. The second-order valence-corrected chi connectivity index (χ2v) is 8.76. The number of aromatic nitrogens is 1. The van der Waals surface area contributed by atoms with Gasteiger partial charge in [0.1, 0.15) is 0 Å². The molecule has 0 radical (unpaired) electrons. The largest absolute Gasteiger partial charge is 0.345 e. The van der Waals surface area contributed by atoms with Gasteiger partial charge in [0.15, 0.2) is 0 Å². The Morgan fingerprint density at radius 1 is 0.806 bits per heavy atom. The second-order valence-electron chi connectivity index (χ2n) is 7.41. The summed E-state index contributed by atoms with van der Waals surface area (Å²) in [4.78, 5) is 15.2. The van der Waals surface area contributed by atoms with Crippen molar-refractivity contribution in [3.05, 3.63) is 129 Å². The van der Waals surface area contributed by atoms with Gasteiger partial charge < -0.3 is 9.47 Å². The molecule has 3 aromatic carbocycles. The van der Waals surface area contributed by atoms with Crippen LogP contribution in [0.2, 0.25) is 5.02 Å². The second kappa shape index (κ2) is 9.99. The predicted octanol–water partition coefficient (Wildman–Crippen LogP) is 6.79. The average Bonchev–Trinajstić information content (AvgIpc) is 3.22. The molecule has 5 heteroatoms. The lowest BCUT2D eigenvalue weighted by Gasteiger charge is -2.24. The molecule has 0 saturated heterocycles. The molecule has 4 aromatic rings. The Hall–Kier alpha value is -2.82. The number of amides is 1. The van der Waals surface area contributed by atoms with Gasteiger partial charge in [-0.05, 0) is 59.7 Å². The lowest BCUT2D eigenvalue weighted by Crippen LogP contribution is -2.31. The van der Waals surface area contributed by atoms with Crippen LogP contribution in [-0.4, -0.2) is 15.4 Å². The third kappa shape index (κ3) is 5.66. The van der Waals surface area contributed by atoms with Gasteiger partial charge in [0.2, 0.25) is 0 Å². The van der Waals surface area contributed by atoms with Crippen LogP contribution < -0.4 is 0 Å². The average molecular weight is 494 g/mol. The van der Waals surface area contributed by atoms with Crippen LogP contribution in [0.5, 0.6) is 0 Å². The van der Waals surface area contributed by atoms with Crippen LogP contribution in [0.1, 0.15) is 27.2 Å². The van der Waals surface area contributed by atoms with Gasteiger partial charge in [0.05, 0.1) is 6.54 Å². The van der Waals surface area contributed by atoms with E-state index in [1.807, 2.05) is 53.4 Å². The summed E-state index contributed by atoms with van der Waals surface area (Å²) in [5, 5.41) is 0.620. The highest BCUT2D eigenvalue weighted by atomic mass is 79.9. The summed E-state index contributed by atoms with van der Waals surface area (Å²) < 4.78 is 3.25. The summed E-state index contributed by atoms with van der Waals surface area (Å²) in [5.41, 5.74) is 4.02. The lowest BCUT2D eigenvalue weighted by molar-refractivity contribution is 0.0726. The summed E-state index contributed by atoms with van der Waals surface area (Å²) in [6.45, 7) is 1.80. The van der Waals surface area contributed by atoms with Crippen LogP contribution in [0, 0.1) is 0 Å². The fourth-order valence-electron chi connectivity index (χ4n) is 3.51. The van der Waals surface area contributed by atoms with Crippen LogP contribution in [0.15, 0.2) is 102 Å². The van der Waals surface area contributed by atoms with Gasteiger partial charge in [-0.3, -0.25) is 4.79 Å². The third-order valence-corrected chi connectivity index (χ3v) is 5.92. The van der Waals surface area contributed by atoms with Crippen LogP contribution in [-0.2, 0) is 19.6 Å². The zero-order valence-electron chi connectivity index (χ0n) is 16.9. The molecule has 0 bridgehead atoms. The first-order chi connectivity index (χ1) is 15.1. The molecule has 1 heterocycles. The minimum Gasteiger partial charge on any atom is -0.345 e. The first-order valence-electron chi connectivity index (χ1n) is 10.1. The number of rotatable bonds is 7. The van der Waals surface area contributed by atoms with Crippen molar-refractivity contribution in [2.24, 2.45) is 0 Å². The molecule has 3 nitrogen and oxygen atoms in total. The van der Waals surface area contributed by atoms with Gasteiger partial charge in [-0.2, -0.15) is 0 Å². The van der Waals surface area contributed by atoms with Crippen molar-refractivity contribution in [3.63, 3.8) is 0 Å². The van der Waals surface area contributed by atoms with Gasteiger partial charge in [0, 0.05) is 40.0 Å². The maximum atomic E-state index is 13.4. The summed E-state index contributed by atoms with van der Waals surface area (Å²) in [6.07, 6.45) is 2.06. The number of benzene rings is 3. The first-order valence-corrected chi connectivity index (χ1v) is 11.2. The van der Waals surface area contributed by atoms with Crippen molar-refractivity contribution in [2.75, 3.05) is 0 Å². The Kier molecular flexibility index (Phi) is 6.90. The third-order valence-electron chi connectivity index (χ3n) is 5.14. The SMILES string of the molecule is O=C(c1ccc(Cl)cc1)N(Cc1ccccc1)Cc1cccn1Cc1ccc(Br)cc1. The van der Waals surface area contributed by atoms with Crippen molar-refractivity contribution in [2.45, 2.75) is 19.6 Å². The number of hydrogen-bond donors (Lipinski definition) is 0. The topological polar surface area (TPSA) is 25.2 Å². The van der Waals surface area contributed by atoms with E-state index < -0.39 is 0 Å². The van der Waals surface area contributed by atoms with Crippen LogP contribution in [0.3, 0.4) is 0 Å². The highest BCUT2D eigenvalue weighted by molar-refractivity contribution is 9.10. The summed E-state index contributed by atoms with van der Waals surface area (Å²) >= 11 is 9.50. The molecule has 0 unspecified atom stereocenters. The Balaban J connectivity index is 1.59. The number of nitrogens with zero attached hydrogens (tertiary/aromatic N) is 2. The van der Waals surface area contributed by atoms with E-state index in [0.29, 0.717) is 23.7 Å². The molecule has 1 amide bonds. The van der Waals surface area contributed by atoms with Crippen molar-refractivity contribution >= 4 is 33.4 Å². The van der Waals surface area contributed by atoms with Crippen molar-refractivity contribution < 1.29 is 4.79 Å². The summed E-state index contributed by atoms with van der Waals surface area (Å²) in [6, 6.07) is 29.5. The molecule has 0 aliphatic carbocycles. The van der Waals surface area contributed by atoms with E-state index in [4.69, 9.17) is 11.6 Å². The van der Waals surface area contributed by atoms with Crippen molar-refractivity contribution in [3.8, 4) is 0 Å². The summed E-state index contributed by atoms with van der Waals surface area (Å²) in [5.74, 6) is -0.0167. The van der Waals surface area contributed by atoms with Crippen LogP contribution in [0.25, 0.3) is 0 Å². The van der Waals surface area contributed by atoms with Gasteiger partial charge in [-0.1, -0.05) is 70.0 Å². The Morgan fingerprint density at radius 3 is 2.23 bits per heavy atom. The van der Waals surface area contributed by atoms with E-state index in [1.54, 1.807) is 24.3 Å². The van der Waals surface area contributed by atoms with E-state index in [-0.39, 0.29) is 5.91 Å². The minimum atomic E-state index is -0.0167. The van der Waals surface area contributed by atoms with Crippen LogP contribution in [0.4, 0.5) is 0 Å². The first kappa shape index (κ1) is 21.4. The fourth-order valence-corrected chi connectivity index (χ4v) is 3.90. The van der Waals surface area contributed by atoms with Gasteiger partial charge in [-0.25, -0.2) is 0 Å². The minimum absolute atomic E-state index is 0.0167. The Bertz CT molecular complexity index is 1140. The van der Waals surface area contributed by atoms with Gasteiger partial charge >= 0.3 is 0 Å². The van der Waals surface area contributed by atoms with Crippen molar-refractivity contribution in [1.82, 2.24) is 9.47 Å². The van der Waals surface area contributed by atoms with E-state index in [2.05, 4.69) is 44.9 Å². The number of carbonyl (C=O) groups excluding carboxylic acids is 1.